The summed E-state index contributed by atoms with van der Waals surface area (Å²) < 4.78 is 27.8. The first-order valence-corrected chi connectivity index (χ1v) is 11.6. The Hall–Kier alpha value is -1.01. The van der Waals surface area contributed by atoms with Crippen LogP contribution in [0.15, 0.2) is 20.1 Å². The van der Waals surface area contributed by atoms with Crippen LogP contribution in [0.2, 0.25) is 0 Å². The summed E-state index contributed by atoms with van der Waals surface area (Å²) in [5.74, 6) is -0.407. The molecule has 1 unspecified atom stereocenters. The normalized spacial score (nSPS) is 18.1. The fraction of sp³-hybridized carbons (Fsp3) is 0.625. The minimum Gasteiger partial charge on any atom is -0.333 e. The summed E-state index contributed by atoms with van der Waals surface area (Å²) in [5.41, 5.74) is -0.440. The van der Waals surface area contributed by atoms with Gasteiger partial charge in [-0.05, 0) is 55.8 Å². The molecule has 27 heavy (non-hydrogen) atoms. The second kappa shape index (κ2) is 8.56. The molecular weight excluding hydrogens is 456 g/mol. The molecule has 3 amide bonds. The van der Waals surface area contributed by atoms with Crippen molar-refractivity contribution in [1.29, 1.82) is 0 Å². The van der Waals surface area contributed by atoms with Gasteiger partial charge < -0.3 is 5.32 Å². The van der Waals surface area contributed by atoms with Crippen molar-refractivity contribution >= 4 is 49.2 Å². The van der Waals surface area contributed by atoms with Gasteiger partial charge in [0.15, 0.2) is 0 Å². The van der Waals surface area contributed by atoms with Crippen LogP contribution in [-0.4, -0.2) is 67.3 Å². The Labute approximate surface area is 172 Å². The van der Waals surface area contributed by atoms with Gasteiger partial charge in [-0.3, -0.25) is 15.0 Å². The Morgan fingerprint density at radius 1 is 1.19 bits per heavy atom. The Kier molecular flexibility index (Phi) is 7.06. The molecule has 8 nitrogen and oxygen atoms in total. The van der Waals surface area contributed by atoms with Gasteiger partial charge in [0.2, 0.25) is 5.91 Å². The van der Waals surface area contributed by atoms with E-state index < -0.39 is 33.5 Å². The van der Waals surface area contributed by atoms with Crippen molar-refractivity contribution in [3.05, 3.63) is 15.9 Å². The van der Waals surface area contributed by atoms with E-state index in [0.29, 0.717) is 30.4 Å². The van der Waals surface area contributed by atoms with E-state index in [1.54, 1.807) is 19.1 Å². The molecule has 1 aliphatic heterocycles. The molecule has 0 spiro atoms. The third kappa shape index (κ3) is 5.98. The van der Waals surface area contributed by atoms with Gasteiger partial charge in [0.25, 0.3) is 10.0 Å². The Bertz CT molecular complexity index is 796. The molecular formula is C16H25BrN4O4S2. The summed E-state index contributed by atoms with van der Waals surface area (Å²) >= 11 is 4.46. The summed E-state index contributed by atoms with van der Waals surface area (Å²) in [7, 11) is -3.52. The van der Waals surface area contributed by atoms with Crippen LogP contribution in [0.4, 0.5) is 4.79 Å². The molecule has 0 saturated carbocycles. The molecule has 152 valence electrons. The van der Waals surface area contributed by atoms with E-state index in [1.807, 2.05) is 25.7 Å². The number of nitrogens with zero attached hydrogens (tertiary/aromatic N) is 2. The molecule has 0 bridgehead atoms. The van der Waals surface area contributed by atoms with E-state index in [4.69, 9.17) is 0 Å². The lowest BCUT2D eigenvalue weighted by Gasteiger charge is -2.36. The maximum atomic E-state index is 12.7. The lowest BCUT2D eigenvalue weighted by atomic mass is 10.1. The SMILES string of the molecule is CC(C(=O)NC(=O)NC(C)(C)C)N1CCN(S(=O)(=O)c2ccc(Br)s2)CC1. The van der Waals surface area contributed by atoms with E-state index >= 15 is 0 Å². The quantitative estimate of drug-likeness (QED) is 0.684. The van der Waals surface area contributed by atoms with Gasteiger partial charge in [0, 0.05) is 31.7 Å². The van der Waals surface area contributed by atoms with Gasteiger partial charge in [-0.15, -0.1) is 11.3 Å². The van der Waals surface area contributed by atoms with Crippen LogP contribution < -0.4 is 10.6 Å². The minimum absolute atomic E-state index is 0.295. The highest BCUT2D eigenvalue weighted by Crippen LogP contribution is 2.29. The number of imide groups is 1. The van der Waals surface area contributed by atoms with Crippen LogP contribution in [0.25, 0.3) is 0 Å². The third-order valence-electron chi connectivity index (χ3n) is 4.07. The molecule has 1 aromatic rings. The Morgan fingerprint density at radius 2 is 1.78 bits per heavy atom. The number of carbonyl (C=O) groups is 2. The predicted molar refractivity (Wildman–Crippen MR) is 108 cm³/mol. The number of carbonyl (C=O) groups excluding carboxylic acids is 2. The summed E-state index contributed by atoms with van der Waals surface area (Å²) in [5, 5.41) is 5.01. The number of halogens is 1. The number of piperazine rings is 1. The first kappa shape index (κ1) is 22.3. The molecule has 1 aromatic heterocycles. The summed E-state index contributed by atoms with van der Waals surface area (Å²) in [4.78, 5) is 26.0. The van der Waals surface area contributed by atoms with E-state index in [1.165, 1.54) is 15.6 Å². The van der Waals surface area contributed by atoms with Crippen LogP contribution in [0.3, 0.4) is 0 Å². The van der Waals surface area contributed by atoms with Crippen molar-refractivity contribution in [2.45, 2.75) is 43.5 Å². The average Bonchev–Trinajstić information content (AvgIpc) is 2.99. The molecule has 0 radical (unpaired) electrons. The largest absolute Gasteiger partial charge is 0.333 e. The first-order chi connectivity index (χ1) is 12.4. The van der Waals surface area contributed by atoms with Crippen molar-refractivity contribution in [2.75, 3.05) is 26.2 Å². The number of hydrogen-bond donors (Lipinski definition) is 2. The fourth-order valence-corrected chi connectivity index (χ4v) is 6.24. The number of thiophene rings is 1. The molecule has 2 heterocycles. The highest BCUT2D eigenvalue weighted by atomic mass is 79.9. The maximum absolute atomic E-state index is 12.7. The first-order valence-electron chi connectivity index (χ1n) is 8.53. The van der Waals surface area contributed by atoms with Gasteiger partial charge in [0.05, 0.1) is 9.83 Å². The zero-order valence-corrected chi connectivity index (χ0v) is 19.0. The number of sulfonamides is 1. The van der Waals surface area contributed by atoms with Crippen LogP contribution in [0, 0.1) is 0 Å². The average molecular weight is 481 g/mol. The van der Waals surface area contributed by atoms with Crippen LogP contribution in [0.5, 0.6) is 0 Å². The molecule has 1 atom stereocenters. The number of rotatable bonds is 4. The Morgan fingerprint density at radius 3 is 2.26 bits per heavy atom. The maximum Gasteiger partial charge on any atom is 0.321 e. The van der Waals surface area contributed by atoms with Gasteiger partial charge >= 0.3 is 6.03 Å². The molecule has 1 saturated heterocycles. The van der Waals surface area contributed by atoms with Crippen LogP contribution >= 0.6 is 27.3 Å². The molecule has 1 fully saturated rings. The van der Waals surface area contributed by atoms with Crippen molar-refractivity contribution in [3.8, 4) is 0 Å². The minimum atomic E-state index is -3.52. The fourth-order valence-electron chi connectivity index (χ4n) is 2.65. The number of urea groups is 1. The van der Waals surface area contributed by atoms with E-state index in [9.17, 15) is 18.0 Å². The molecule has 11 heteroatoms. The van der Waals surface area contributed by atoms with Crippen LogP contribution in [-0.2, 0) is 14.8 Å². The van der Waals surface area contributed by atoms with Crippen LogP contribution in [0.1, 0.15) is 27.7 Å². The van der Waals surface area contributed by atoms with Crippen molar-refractivity contribution < 1.29 is 18.0 Å². The highest BCUT2D eigenvalue weighted by molar-refractivity contribution is 9.11. The molecule has 0 aromatic carbocycles. The molecule has 2 N–H and O–H groups in total. The molecule has 0 aliphatic carbocycles. The second-order valence-electron chi connectivity index (χ2n) is 7.37. The topological polar surface area (TPSA) is 98.8 Å². The van der Waals surface area contributed by atoms with Gasteiger partial charge in [0.1, 0.15) is 4.21 Å². The number of nitrogens with one attached hydrogen (secondary N) is 2. The molecule has 1 aliphatic rings. The summed E-state index contributed by atoms with van der Waals surface area (Å²) in [6.07, 6.45) is 0. The standard InChI is InChI=1S/C16H25BrN4O4S2/c1-11(14(22)18-15(23)19-16(2,3)4)20-7-9-21(10-8-20)27(24,25)13-6-5-12(17)26-13/h5-6,11H,7-10H2,1-4H3,(H2,18,19,22,23). The number of hydrogen-bond acceptors (Lipinski definition) is 6. The van der Waals surface area contributed by atoms with Gasteiger partial charge in [-0.2, -0.15) is 4.31 Å². The number of amides is 3. The lowest BCUT2D eigenvalue weighted by Crippen LogP contribution is -2.57. The Balaban J connectivity index is 1.91. The van der Waals surface area contributed by atoms with E-state index in [-0.39, 0.29) is 0 Å². The van der Waals surface area contributed by atoms with Crippen molar-refractivity contribution in [1.82, 2.24) is 19.8 Å². The van der Waals surface area contributed by atoms with Crippen molar-refractivity contribution in [3.63, 3.8) is 0 Å². The van der Waals surface area contributed by atoms with Gasteiger partial charge in [-0.1, -0.05) is 0 Å². The summed E-state index contributed by atoms with van der Waals surface area (Å²) in [6.45, 7) is 8.61. The van der Waals surface area contributed by atoms with E-state index in [2.05, 4.69) is 26.6 Å². The van der Waals surface area contributed by atoms with E-state index in [0.717, 1.165) is 3.79 Å². The predicted octanol–water partition coefficient (Wildman–Crippen LogP) is 1.83. The highest BCUT2D eigenvalue weighted by Gasteiger charge is 2.33. The monoisotopic (exact) mass is 480 g/mol. The molecule has 2 rings (SSSR count). The van der Waals surface area contributed by atoms with Crippen molar-refractivity contribution in [2.24, 2.45) is 0 Å². The van der Waals surface area contributed by atoms with Gasteiger partial charge in [-0.25, -0.2) is 13.2 Å². The smallest absolute Gasteiger partial charge is 0.321 e. The zero-order valence-electron chi connectivity index (χ0n) is 15.8. The third-order valence-corrected chi connectivity index (χ3v) is 8.06. The second-order valence-corrected chi connectivity index (χ2v) is 12.0. The zero-order chi connectivity index (χ0) is 20.4. The summed E-state index contributed by atoms with van der Waals surface area (Å²) in [6, 6.07) is 2.23. The lowest BCUT2D eigenvalue weighted by molar-refractivity contribution is -0.125.